The number of ether oxygens (including phenoxy) is 2. The summed E-state index contributed by atoms with van der Waals surface area (Å²) in [6.07, 6.45) is -1.83. The van der Waals surface area contributed by atoms with E-state index in [0.29, 0.717) is 24.0 Å². The molecular weight excluding hydrogens is 509 g/mol. The van der Waals surface area contributed by atoms with Crippen molar-refractivity contribution in [2.45, 2.75) is 84.2 Å². The Labute approximate surface area is 217 Å². The van der Waals surface area contributed by atoms with Crippen molar-refractivity contribution in [2.24, 2.45) is 4.99 Å². The molecule has 0 bridgehead atoms. The van der Waals surface area contributed by atoms with Gasteiger partial charge in [0.2, 0.25) is 0 Å². The zero-order valence-corrected chi connectivity index (χ0v) is 22.6. The Kier molecular flexibility index (Phi) is 8.43. The van der Waals surface area contributed by atoms with E-state index in [1.807, 2.05) is 31.5 Å². The molecule has 12 heteroatoms. The molecule has 1 aliphatic rings. The number of benzene rings is 1. The van der Waals surface area contributed by atoms with Gasteiger partial charge in [0, 0.05) is 17.7 Å². The molecule has 2 amide bonds. The molecule has 204 valence electrons. The first-order valence-electron chi connectivity index (χ1n) is 11.9. The molecule has 0 unspecified atom stereocenters. The molecule has 1 atom stereocenters. The van der Waals surface area contributed by atoms with Gasteiger partial charge < -0.3 is 14.0 Å². The lowest BCUT2D eigenvalue weighted by atomic mass is 9.95. The van der Waals surface area contributed by atoms with Crippen LogP contribution in [-0.4, -0.2) is 34.9 Å². The van der Waals surface area contributed by atoms with Crippen molar-refractivity contribution in [3.05, 3.63) is 45.2 Å². The van der Waals surface area contributed by atoms with E-state index in [1.54, 1.807) is 20.8 Å². The Balaban J connectivity index is 2.00. The Bertz CT molecular complexity index is 1200. The van der Waals surface area contributed by atoms with Gasteiger partial charge in [-0.25, -0.2) is 10.2 Å². The van der Waals surface area contributed by atoms with E-state index in [2.05, 4.69) is 15.8 Å². The number of hydrogen-bond acceptors (Lipinski definition) is 6. The molecule has 1 aromatic heterocycles. The molecule has 1 saturated heterocycles. The number of nitrogens with one attached hydrogen (secondary N) is 2. The maximum Gasteiger partial charge on any atom is 0.426 e. The lowest BCUT2D eigenvalue weighted by Crippen LogP contribution is -2.36. The molecule has 0 saturated carbocycles. The van der Waals surface area contributed by atoms with E-state index in [-0.39, 0.29) is 22.8 Å². The minimum Gasteiger partial charge on any atom is -0.443 e. The number of carbonyl (C=O) groups excluding carboxylic acids is 2. The third kappa shape index (κ3) is 8.06. The molecule has 1 fully saturated rings. The van der Waals surface area contributed by atoms with Crippen LogP contribution in [0.3, 0.4) is 0 Å². The lowest BCUT2D eigenvalue weighted by Gasteiger charge is -2.20. The average Bonchev–Trinajstić information content (AvgIpc) is 3.40. The molecule has 1 aromatic carbocycles. The Morgan fingerprint density at radius 1 is 1.19 bits per heavy atom. The van der Waals surface area contributed by atoms with E-state index in [4.69, 9.17) is 9.47 Å². The van der Waals surface area contributed by atoms with Gasteiger partial charge in [0.05, 0.1) is 29.5 Å². The first kappa shape index (κ1) is 28.7. The predicted octanol–water partition coefficient (Wildman–Crippen LogP) is 5.64. The number of alkyl halides is 3. The van der Waals surface area contributed by atoms with Crippen LogP contribution in [0.25, 0.3) is 0 Å². The Hall–Kier alpha value is -2.86. The predicted molar refractivity (Wildman–Crippen MR) is 134 cm³/mol. The zero-order valence-electron chi connectivity index (χ0n) is 21.8. The molecule has 2 heterocycles. The number of nitrogens with zero attached hydrogens (tertiary/aromatic N) is 2. The number of amides is 2. The maximum atomic E-state index is 13.4. The van der Waals surface area contributed by atoms with Gasteiger partial charge in [0.25, 0.3) is 5.91 Å². The van der Waals surface area contributed by atoms with Crippen molar-refractivity contribution in [1.29, 1.82) is 0 Å². The van der Waals surface area contributed by atoms with E-state index in [0.717, 1.165) is 29.9 Å². The van der Waals surface area contributed by atoms with Crippen LogP contribution in [0.1, 0.15) is 75.2 Å². The highest BCUT2D eigenvalue weighted by Gasteiger charge is 2.32. The minimum atomic E-state index is -4.67. The standard InChI is InChI=1S/C25H33F3N4O4S/c1-23(2,3)19-14-32(13-16-8-7-11-35-16)21(37-19)29-20(33)17-12-15(25(26,27)28)9-10-18(17)30-31-22(34)36-24(4,5)6/h9-10,12,14,16,30H,7-8,11,13H2,1-6H3,(H,31,34)/t16-/m1/s1. The van der Waals surface area contributed by atoms with Crippen LogP contribution in [0, 0.1) is 0 Å². The molecule has 3 rings (SSSR count). The molecule has 0 radical (unpaired) electrons. The van der Waals surface area contributed by atoms with Gasteiger partial charge in [-0.15, -0.1) is 11.3 Å². The van der Waals surface area contributed by atoms with Crippen LogP contribution in [0.4, 0.5) is 23.7 Å². The number of anilines is 1. The van der Waals surface area contributed by atoms with Crippen molar-refractivity contribution in [3.8, 4) is 0 Å². The highest BCUT2D eigenvalue weighted by molar-refractivity contribution is 7.09. The lowest BCUT2D eigenvalue weighted by molar-refractivity contribution is -0.137. The largest absolute Gasteiger partial charge is 0.443 e. The second-order valence-corrected chi connectivity index (χ2v) is 11.9. The number of hydrazine groups is 1. The second-order valence-electron chi connectivity index (χ2n) is 10.8. The molecule has 2 aromatic rings. The van der Waals surface area contributed by atoms with Crippen LogP contribution >= 0.6 is 11.3 Å². The molecule has 2 N–H and O–H groups in total. The summed E-state index contributed by atoms with van der Waals surface area (Å²) in [5, 5.41) is 0. The summed E-state index contributed by atoms with van der Waals surface area (Å²) in [5.74, 6) is -0.886. The summed E-state index contributed by atoms with van der Waals surface area (Å²) >= 11 is 1.30. The van der Waals surface area contributed by atoms with Crippen LogP contribution in [0.2, 0.25) is 0 Å². The SMILES string of the molecule is CC(C)(C)OC(=O)NNc1ccc(C(F)(F)F)cc1C(=O)N=c1sc(C(C)(C)C)cn1C[C@H]1CCCO1. The number of hydrogen-bond donors (Lipinski definition) is 2. The minimum absolute atomic E-state index is 0.0275. The van der Waals surface area contributed by atoms with Gasteiger partial charge >= 0.3 is 12.3 Å². The average molecular weight is 543 g/mol. The van der Waals surface area contributed by atoms with Crippen LogP contribution < -0.4 is 15.7 Å². The quantitative estimate of drug-likeness (QED) is 0.477. The molecular formula is C25H33F3N4O4S. The van der Waals surface area contributed by atoms with Gasteiger partial charge in [-0.2, -0.15) is 18.2 Å². The third-order valence-electron chi connectivity index (χ3n) is 5.36. The molecule has 0 spiro atoms. The topological polar surface area (TPSA) is 94.0 Å². The summed E-state index contributed by atoms with van der Waals surface area (Å²) in [7, 11) is 0. The van der Waals surface area contributed by atoms with Crippen molar-refractivity contribution in [2.75, 3.05) is 12.0 Å². The molecule has 0 aliphatic carbocycles. The monoisotopic (exact) mass is 542 g/mol. The van der Waals surface area contributed by atoms with Crippen molar-refractivity contribution >= 4 is 29.0 Å². The van der Waals surface area contributed by atoms with Crippen molar-refractivity contribution < 1.29 is 32.2 Å². The molecule has 1 aliphatic heterocycles. The van der Waals surface area contributed by atoms with Crippen molar-refractivity contribution in [1.82, 2.24) is 9.99 Å². The van der Waals surface area contributed by atoms with Crippen LogP contribution in [0.15, 0.2) is 29.4 Å². The molecule has 37 heavy (non-hydrogen) atoms. The number of thiazole rings is 1. The van der Waals surface area contributed by atoms with Crippen LogP contribution in [-0.2, 0) is 27.6 Å². The number of halogens is 3. The van der Waals surface area contributed by atoms with Gasteiger partial charge in [-0.1, -0.05) is 20.8 Å². The van der Waals surface area contributed by atoms with Gasteiger partial charge in [0.1, 0.15) is 5.60 Å². The molecule has 8 nitrogen and oxygen atoms in total. The van der Waals surface area contributed by atoms with Crippen molar-refractivity contribution in [3.63, 3.8) is 0 Å². The summed E-state index contributed by atoms with van der Waals surface area (Å²) in [6, 6.07) is 2.60. The van der Waals surface area contributed by atoms with Crippen LogP contribution in [0.5, 0.6) is 0 Å². The Morgan fingerprint density at radius 3 is 2.46 bits per heavy atom. The van der Waals surface area contributed by atoms with E-state index >= 15 is 0 Å². The number of aromatic nitrogens is 1. The smallest absolute Gasteiger partial charge is 0.426 e. The first-order valence-corrected chi connectivity index (χ1v) is 12.7. The fourth-order valence-electron chi connectivity index (χ4n) is 3.53. The van der Waals surface area contributed by atoms with Gasteiger partial charge in [-0.05, 0) is 57.2 Å². The third-order valence-corrected chi connectivity index (χ3v) is 6.80. The second kappa shape index (κ2) is 10.9. The summed E-state index contributed by atoms with van der Waals surface area (Å²) in [4.78, 5) is 30.8. The highest BCUT2D eigenvalue weighted by Crippen LogP contribution is 2.32. The highest BCUT2D eigenvalue weighted by atomic mass is 32.1. The summed E-state index contributed by atoms with van der Waals surface area (Å²) in [6.45, 7) is 12.2. The first-order chi connectivity index (χ1) is 17.0. The van der Waals surface area contributed by atoms with E-state index in [1.165, 1.54) is 11.3 Å². The fourth-order valence-corrected chi connectivity index (χ4v) is 4.58. The van der Waals surface area contributed by atoms with E-state index in [9.17, 15) is 22.8 Å². The summed E-state index contributed by atoms with van der Waals surface area (Å²) < 4.78 is 53.0. The Morgan fingerprint density at radius 2 is 1.89 bits per heavy atom. The number of carbonyl (C=O) groups is 2. The number of rotatable bonds is 5. The van der Waals surface area contributed by atoms with Gasteiger partial charge in [-0.3, -0.25) is 10.2 Å². The van der Waals surface area contributed by atoms with Gasteiger partial charge in [0.15, 0.2) is 4.80 Å². The van der Waals surface area contributed by atoms with E-state index < -0.39 is 29.3 Å². The normalized spacial score (nSPS) is 17.1. The zero-order chi connectivity index (χ0) is 27.6. The maximum absolute atomic E-state index is 13.4. The fraction of sp³-hybridized carbons (Fsp3) is 0.560. The summed E-state index contributed by atoms with van der Waals surface area (Å²) in [5.41, 5.74) is 2.32.